The third-order valence-corrected chi connectivity index (χ3v) is 2.03. The van der Waals surface area contributed by atoms with Crippen LogP contribution in [0.4, 0.5) is 0 Å². The van der Waals surface area contributed by atoms with Gasteiger partial charge in [0, 0.05) is 13.1 Å². The molecule has 2 atom stereocenters. The van der Waals surface area contributed by atoms with Crippen molar-refractivity contribution in [1.82, 2.24) is 4.90 Å². The monoisotopic (exact) mass is 158 g/mol. The summed E-state index contributed by atoms with van der Waals surface area (Å²) in [6.07, 6.45) is 3.04. The second-order valence-corrected chi connectivity index (χ2v) is 3.46. The molecule has 1 rings (SSSR count). The highest BCUT2D eigenvalue weighted by Crippen LogP contribution is 2.18. The molecule has 0 saturated carbocycles. The first-order valence-corrected chi connectivity index (χ1v) is 4.22. The van der Waals surface area contributed by atoms with Gasteiger partial charge in [-0.25, -0.2) is 0 Å². The third kappa shape index (κ3) is 2.77. The van der Waals surface area contributed by atoms with E-state index in [1.807, 2.05) is 0 Å². The molecule has 1 aliphatic rings. The highest BCUT2D eigenvalue weighted by Gasteiger charge is 2.23. The van der Waals surface area contributed by atoms with Crippen molar-refractivity contribution in [3.63, 3.8) is 0 Å². The molecule has 2 unspecified atom stereocenters. The number of nitrogens with zero attached hydrogens (tertiary/aromatic N) is 1. The van der Waals surface area contributed by atoms with Gasteiger partial charge in [0.1, 0.15) is 0 Å². The highest BCUT2D eigenvalue weighted by molar-refractivity contribution is 4.75. The topological polar surface area (TPSA) is 38.5 Å². The van der Waals surface area contributed by atoms with Gasteiger partial charge in [-0.05, 0) is 26.9 Å². The maximum Gasteiger partial charge on any atom is 0.0707 e. The highest BCUT2D eigenvalue weighted by atomic mass is 16.5. The summed E-state index contributed by atoms with van der Waals surface area (Å²) in [5.74, 6) is 0. The van der Waals surface area contributed by atoms with Crippen molar-refractivity contribution in [1.29, 1.82) is 0 Å². The average molecular weight is 158 g/mol. The van der Waals surface area contributed by atoms with Crippen molar-refractivity contribution >= 4 is 0 Å². The van der Waals surface area contributed by atoms with Crippen LogP contribution in [-0.4, -0.2) is 44.3 Å². The van der Waals surface area contributed by atoms with Gasteiger partial charge in [-0.1, -0.05) is 0 Å². The van der Waals surface area contributed by atoms with Gasteiger partial charge >= 0.3 is 0 Å². The Morgan fingerprint density at radius 2 is 2.00 bits per heavy atom. The van der Waals surface area contributed by atoms with Crippen molar-refractivity contribution < 1.29 is 4.74 Å². The number of likely N-dealkylation sites (N-methyl/N-ethyl adjacent to an activating group) is 1. The lowest BCUT2D eigenvalue weighted by Gasteiger charge is -2.16. The predicted octanol–water partition coefficient (Wildman–Crippen LogP) is 0.0543. The van der Waals surface area contributed by atoms with Crippen LogP contribution in [0.5, 0.6) is 0 Å². The quantitative estimate of drug-likeness (QED) is 0.631. The molecule has 0 bridgehead atoms. The fourth-order valence-corrected chi connectivity index (χ4v) is 1.50. The molecular weight excluding hydrogens is 140 g/mol. The molecule has 0 aromatic carbocycles. The van der Waals surface area contributed by atoms with E-state index >= 15 is 0 Å². The van der Waals surface area contributed by atoms with Crippen molar-refractivity contribution in [3.8, 4) is 0 Å². The molecule has 1 aliphatic heterocycles. The molecule has 0 amide bonds. The fraction of sp³-hybridized carbons (Fsp3) is 1.00. The van der Waals surface area contributed by atoms with Crippen LogP contribution in [0.15, 0.2) is 0 Å². The second-order valence-electron chi connectivity index (χ2n) is 3.46. The number of ether oxygens (including phenoxy) is 1. The lowest BCUT2D eigenvalue weighted by molar-refractivity contribution is 0.0358. The first-order valence-electron chi connectivity index (χ1n) is 4.22. The molecular formula is C8H18N2O. The normalized spacial score (nSPS) is 31.6. The first kappa shape index (κ1) is 8.97. The van der Waals surface area contributed by atoms with Gasteiger partial charge in [-0.3, -0.25) is 0 Å². The van der Waals surface area contributed by atoms with Crippen molar-refractivity contribution in [2.45, 2.75) is 25.0 Å². The van der Waals surface area contributed by atoms with E-state index in [-0.39, 0.29) is 0 Å². The molecule has 0 spiro atoms. The van der Waals surface area contributed by atoms with E-state index in [2.05, 4.69) is 19.0 Å². The third-order valence-electron chi connectivity index (χ3n) is 2.03. The molecule has 0 aromatic heterocycles. The van der Waals surface area contributed by atoms with Crippen LogP contribution in [0.1, 0.15) is 12.8 Å². The summed E-state index contributed by atoms with van der Waals surface area (Å²) < 4.78 is 5.65. The Balaban J connectivity index is 2.19. The summed E-state index contributed by atoms with van der Waals surface area (Å²) in [6, 6.07) is 0. The van der Waals surface area contributed by atoms with Gasteiger partial charge in [0.25, 0.3) is 0 Å². The minimum absolute atomic E-state index is 0.319. The van der Waals surface area contributed by atoms with Crippen molar-refractivity contribution in [2.24, 2.45) is 5.73 Å². The van der Waals surface area contributed by atoms with Crippen LogP contribution >= 0.6 is 0 Å². The Labute approximate surface area is 68.5 Å². The van der Waals surface area contributed by atoms with E-state index in [1.165, 1.54) is 6.42 Å². The van der Waals surface area contributed by atoms with E-state index in [4.69, 9.17) is 10.5 Å². The second kappa shape index (κ2) is 4.04. The Hall–Kier alpha value is -0.120. The molecule has 1 fully saturated rings. The van der Waals surface area contributed by atoms with Gasteiger partial charge < -0.3 is 15.4 Å². The Morgan fingerprint density at radius 1 is 1.36 bits per heavy atom. The number of hydrogen-bond donors (Lipinski definition) is 1. The SMILES string of the molecule is CN(C)CC1CCC(CN)O1. The molecule has 0 radical (unpaired) electrons. The molecule has 11 heavy (non-hydrogen) atoms. The van der Waals surface area contributed by atoms with Crippen LogP contribution in [-0.2, 0) is 4.74 Å². The summed E-state index contributed by atoms with van der Waals surface area (Å²) in [6.45, 7) is 1.69. The largest absolute Gasteiger partial charge is 0.372 e. The average Bonchev–Trinajstić information content (AvgIpc) is 2.34. The maximum atomic E-state index is 5.65. The predicted molar refractivity (Wildman–Crippen MR) is 45.5 cm³/mol. The first-order chi connectivity index (χ1) is 5.22. The van der Waals surface area contributed by atoms with Crippen LogP contribution in [0.2, 0.25) is 0 Å². The molecule has 2 N–H and O–H groups in total. The molecule has 3 heteroatoms. The van der Waals surface area contributed by atoms with Crippen molar-refractivity contribution in [2.75, 3.05) is 27.2 Å². The molecule has 0 aliphatic carbocycles. The number of nitrogens with two attached hydrogens (primary N) is 1. The zero-order valence-corrected chi connectivity index (χ0v) is 7.42. The summed E-state index contributed by atoms with van der Waals surface area (Å²) in [5.41, 5.74) is 5.49. The van der Waals surface area contributed by atoms with E-state index < -0.39 is 0 Å². The van der Waals surface area contributed by atoms with Crippen LogP contribution in [0.25, 0.3) is 0 Å². The summed E-state index contributed by atoms with van der Waals surface area (Å²) in [4.78, 5) is 2.16. The minimum atomic E-state index is 0.319. The van der Waals surface area contributed by atoms with E-state index in [0.29, 0.717) is 18.8 Å². The Bertz CT molecular complexity index is 117. The lowest BCUT2D eigenvalue weighted by Crippen LogP contribution is -2.28. The van der Waals surface area contributed by atoms with Crippen molar-refractivity contribution in [3.05, 3.63) is 0 Å². The fourth-order valence-electron chi connectivity index (χ4n) is 1.50. The molecule has 3 nitrogen and oxygen atoms in total. The Morgan fingerprint density at radius 3 is 2.45 bits per heavy atom. The van der Waals surface area contributed by atoms with E-state index in [0.717, 1.165) is 13.0 Å². The summed E-state index contributed by atoms with van der Waals surface area (Å²) in [7, 11) is 4.14. The maximum absolute atomic E-state index is 5.65. The van der Waals surface area contributed by atoms with Gasteiger partial charge in [-0.15, -0.1) is 0 Å². The molecule has 1 saturated heterocycles. The van der Waals surface area contributed by atoms with Gasteiger partial charge in [0.15, 0.2) is 0 Å². The summed E-state index contributed by atoms with van der Waals surface area (Å²) >= 11 is 0. The molecule has 1 heterocycles. The minimum Gasteiger partial charge on any atom is -0.372 e. The molecule has 66 valence electrons. The zero-order valence-electron chi connectivity index (χ0n) is 7.42. The lowest BCUT2D eigenvalue weighted by atomic mass is 10.2. The smallest absolute Gasteiger partial charge is 0.0707 e. The standard InChI is InChI=1S/C8H18N2O/c1-10(2)6-8-4-3-7(5-9)11-8/h7-8H,3-6,9H2,1-2H3. The van der Waals surface area contributed by atoms with Gasteiger partial charge in [0.2, 0.25) is 0 Å². The molecule has 0 aromatic rings. The zero-order chi connectivity index (χ0) is 8.27. The van der Waals surface area contributed by atoms with Gasteiger partial charge in [-0.2, -0.15) is 0 Å². The van der Waals surface area contributed by atoms with E-state index in [9.17, 15) is 0 Å². The van der Waals surface area contributed by atoms with Crippen LogP contribution in [0.3, 0.4) is 0 Å². The number of rotatable bonds is 3. The van der Waals surface area contributed by atoms with Crippen LogP contribution in [0, 0.1) is 0 Å². The van der Waals surface area contributed by atoms with Crippen LogP contribution < -0.4 is 5.73 Å². The van der Waals surface area contributed by atoms with Gasteiger partial charge in [0.05, 0.1) is 12.2 Å². The number of hydrogen-bond acceptors (Lipinski definition) is 3. The van der Waals surface area contributed by atoms with E-state index in [1.54, 1.807) is 0 Å². The summed E-state index contributed by atoms with van der Waals surface area (Å²) in [5, 5.41) is 0. The Kier molecular flexibility index (Phi) is 3.30.